The van der Waals surface area contributed by atoms with Gasteiger partial charge in [0.05, 0.1) is 12.1 Å². The van der Waals surface area contributed by atoms with Crippen LogP contribution < -0.4 is 21.5 Å². The zero-order chi connectivity index (χ0) is 19.0. The van der Waals surface area contributed by atoms with Crippen molar-refractivity contribution < 1.29 is 9.59 Å². The van der Waals surface area contributed by atoms with Gasteiger partial charge in [0.2, 0.25) is 5.91 Å². The van der Waals surface area contributed by atoms with Crippen LogP contribution >= 0.6 is 0 Å². The maximum atomic E-state index is 12.7. The molecule has 8 heteroatoms. The van der Waals surface area contributed by atoms with Crippen molar-refractivity contribution in [1.82, 2.24) is 9.13 Å². The van der Waals surface area contributed by atoms with Crippen molar-refractivity contribution >= 4 is 23.3 Å². The normalized spacial score (nSPS) is 17.0. The molecule has 1 saturated heterocycles. The first kappa shape index (κ1) is 17.7. The van der Waals surface area contributed by atoms with Gasteiger partial charge in [-0.1, -0.05) is 19.1 Å². The summed E-state index contributed by atoms with van der Waals surface area (Å²) < 4.78 is 2.20. The molecule has 0 unspecified atom stereocenters. The van der Waals surface area contributed by atoms with E-state index in [2.05, 4.69) is 5.32 Å². The number of carbonyl (C=O) groups excluding carboxylic acids is 2. The molecule has 0 spiro atoms. The number of nitrogens with zero attached hydrogens (tertiary/aromatic N) is 3. The van der Waals surface area contributed by atoms with Gasteiger partial charge in [-0.25, -0.2) is 9.69 Å². The first-order chi connectivity index (χ1) is 12.3. The van der Waals surface area contributed by atoms with E-state index in [0.29, 0.717) is 5.69 Å². The van der Waals surface area contributed by atoms with Crippen molar-refractivity contribution in [2.75, 3.05) is 10.2 Å². The van der Waals surface area contributed by atoms with Gasteiger partial charge in [-0.2, -0.15) is 0 Å². The topological polar surface area (TPSA) is 93.4 Å². The number of imide groups is 1. The van der Waals surface area contributed by atoms with E-state index in [4.69, 9.17) is 0 Å². The molecule has 2 heterocycles. The molecule has 2 aromatic rings. The highest BCUT2D eigenvalue weighted by molar-refractivity contribution is 6.23. The molecule has 1 aromatic carbocycles. The van der Waals surface area contributed by atoms with Crippen LogP contribution in [0.25, 0.3) is 0 Å². The molecular weight excluding hydrogens is 336 g/mol. The summed E-state index contributed by atoms with van der Waals surface area (Å²) in [6, 6.07) is 7.64. The first-order valence-corrected chi connectivity index (χ1v) is 8.32. The van der Waals surface area contributed by atoms with Gasteiger partial charge in [0.1, 0.15) is 11.9 Å². The summed E-state index contributed by atoms with van der Waals surface area (Å²) in [5, 5.41) is 2.86. The highest BCUT2D eigenvalue weighted by atomic mass is 16.2. The average Bonchev–Trinajstić information content (AvgIpc) is 2.91. The van der Waals surface area contributed by atoms with Crippen LogP contribution in [0.4, 0.5) is 11.5 Å². The molecule has 1 aliphatic rings. The van der Waals surface area contributed by atoms with Crippen LogP contribution in [0.3, 0.4) is 0 Å². The lowest BCUT2D eigenvalue weighted by Crippen LogP contribution is -2.40. The minimum Gasteiger partial charge on any atom is -0.359 e. The largest absolute Gasteiger partial charge is 0.359 e. The third-order valence-electron chi connectivity index (χ3n) is 4.60. The van der Waals surface area contributed by atoms with Crippen molar-refractivity contribution in [3.05, 3.63) is 56.7 Å². The summed E-state index contributed by atoms with van der Waals surface area (Å²) in [6.07, 6.45) is 0.821. The van der Waals surface area contributed by atoms with Gasteiger partial charge in [0.25, 0.3) is 11.5 Å². The fraction of sp³-hybridized carbons (Fsp3) is 0.333. The number of carbonyl (C=O) groups is 2. The Labute approximate surface area is 149 Å². The number of nitrogens with one attached hydrogen (secondary N) is 1. The Morgan fingerprint density at radius 2 is 1.69 bits per heavy atom. The summed E-state index contributed by atoms with van der Waals surface area (Å²) in [4.78, 5) is 50.0. The smallest absolute Gasteiger partial charge is 0.332 e. The fourth-order valence-corrected chi connectivity index (χ4v) is 2.95. The lowest BCUT2D eigenvalue weighted by molar-refractivity contribution is -0.121. The van der Waals surface area contributed by atoms with Crippen molar-refractivity contribution in [1.29, 1.82) is 0 Å². The lowest BCUT2D eigenvalue weighted by Gasteiger charge is -2.17. The van der Waals surface area contributed by atoms with Gasteiger partial charge < -0.3 is 5.32 Å². The Hall–Kier alpha value is -3.16. The standard InChI is InChI=1S/C18H20N4O4/c1-4-11-5-7-12(8-6-11)22-16(24)9-13(17(22)25)19-14-10-15(23)21(3)18(26)20(14)2/h5-8,10,13,19H,4,9H2,1-3H3/t13-/m0/s1. The van der Waals surface area contributed by atoms with Crippen LogP contribution in [0.5, 0.6) is 0 Å². The van der Waals surface area contributed by atoms with Crippen LogP contribution in [-0.4, -0.2) is 27.0 Å². The quantitative estimate of drug-likeness (QED) is 0.800. The predicted molar refractivity (Wildman–Crippen MR) is 97.3 cm³/mol. The highest BCUT2D eigenvalue weighted by Crippen LogP contribution is 2.25. The summed E-state index contributed by atoms with van der Waals surface area (Å²) in [6.45, 7) is 2.02. The second-order valence-electron chi connectivity index (χ2n) is 6.26. The Morgan fingerprint density at radius 1 is 1.04 bits per heavy atom. The van der Waals surface area contributed by atoms with Crippen LogP contribution in [0.2, 0.25) is 0 Å². The lowest BCUT2D eigenvalue weighted by atomic mass is 10.1. The van der Waals surface area contributed by atoms with Gasteiger partial charge in [0, 0.05) is 20.2 Å². The molecule has 26 heavy (non-hydrogen) atoms. The maximum Gasteiger partial charge on any atom is 0.332 e. The number of aromatic nitrogens is 2. The molecule has 1 aliphatic heterocycles. The van der Waals surface area contributed by atoms with Crippen LogP contribution in [0.1, 0.15) is 18.9 Å². The molecule has 1 aromatic heterocycles. The zero-order valence-electron chi connectivity index (χ0n) is 14.9. The molecule has 8 nitrogen and oxygen atoms in total. The van der Waals surface area contributed by atoms with Crippen LogP contribution in [-0.2, 0) is 30.1 Å². The average molecular weight is 356 g/mol. The third-order valence-corrected chi connectivity index (χ3v) is 4.60. The minimum atomic E-state index is -0.828. The van der Waals surface area contributed by atoms with E-state index in [1.165, 1.54) is 24.7 Å². The molecule has 0 saturated carbocycles. The van der Waals surface area contributed by atoms with E-state index in [-0.39, 0.29) is 18.1 Å². The summed E-state index contributed by atoms with van der Waals surface area (Å²) in [5.41, 5.74) is 0.625. The molecule has 2 amide bonds. The highest BCUT2D eigenvalue weighted by Gasteiger charge is 2.39. The van der Waals surface area contributed by atoms with Gasteiger partial charge >= 0.3 is 5.69 Å². The van der Waals surface area contributed by atoms with Crippen molar-refractivity contribution in [3.8, 4) is 0 Å². The summed E-state index contributed by atoms with van der Waals surface area (Å²) in [5.74, 6) is -0.537. The zero-order valence-corrected chi connectivity index (χ0v) is 14.9. The van der Waals surface area contributed by atoms with E-state index in [1.807, 2.05) is 19.1 Å². The number of hydrogen-bond acceptors (Lipinski definition) is 5. The maximum absolute atomic E-state index is 12.7. The molecular formula is C18H20N4O4. The second-order valence-corrected chi connectivity index (χ2v) is 6.26. The number of benzene rings is 1. The van der Waals surface area contributed by atoms with Gasteiger partial charge in [-0.05, 0) is 24.1 Å². The molecule has 0 radical (unpaired) electrons. The van der Waals surface area contributed by atoms with Gasteiger partial charge in [-0.3, -0.25) is 23.5 Å². The SMILES string of the molecule is CCc1ccc(N2C(=O)C[C@H](Nc3cc(=O)n(C)c(=O)n3C)C2=O)cc1. The number of hydrogen-bond donors (Lipinski definition) is 1. The molecule has 1 N–H and O–H groups in total. The molecule has 1 atom stereocenters. The summed E-state index contributed by atoms with van der Waals surface area (Å²) in [7, 11) is 2.87. The van der Waals surface area contributed by atoms with Crippen molar-refractivity contribution in [2.24, 2.45) is 14.1 Å². The molecule has 0 bridgehead atoms. The van der Waals surface area contributed by atoms with Crippen LogP contribution in [0, 0.1) is 0 Å². The van der Waals surface area contributed by atoms with E-state index in [1.54, 1.807) is 12.1 Å². The van der Waals surface area contributed by atoms with E-state index < -0.39 is 23.2 Å². The molecule has 0 aliphatic carbocycles. The predicted octanol–water partition coefficient (Wildman–Crippen LogP) is 0.390. The second kappa shape index (κ2) is 6.62. The number of rotatable bonds is 4. The monoisotopic (exact) mass is 356 g/mol. The molecule has 3 rings (SSSR count). The Kier molecular flexibility index (Phi) is 4.50. The minimum absolute atomic E-state index is 0.0439. The summed E-state index contributed by atoms with van der Waals surface area (Å²) >= 11 is 0. The Morgan fingerprint density at radius 3 is 2.31 bits per heavy atom. The molecule has 1 fully saturated rings. The van der Waals surface area contributed by atoms with Crippen molar-refractivity contribution in [3.63, 3.8) is 0 Å². The first-order valence-electron chi connectivity index (χ1n) is 8.32. The van der Waals surface area contributed by atoms with E-state index in [9.17, 15) is 19.2 Å². The van der Waals surface area contributed by atoms with E-state index in [0.717, 1.165) is 21.5 Å². The fourth-order valence-electron chi connectivity index (χ4n) is 2.95. The number of anilines is 2. The van der Waals surface area contributed by atoms with Crippen molar-refractivity contribution in [2.45, 2.75) is 25.8 Å². The van der Waals surface area contributed by atoms with E-state index >= 15 is 0 Å². The Bertz CT molecular complexity index is 988. The van der Waals surface area contributed by atoms with Gasteiger partial charge in [-0.15, -0.1) is 0 Å². The van der Waals surface area contributed by atoms with Gasteiger partial charge in [0.15, 0.2) is 0 Å². The molecule has 136 valence electrons. The number of aryl methyl sites for hydroxylation is 1. The third kappa shape index (κ3) is 2.94. The Balaban J connectivity index is 1.88. The van der Waals surface area contributed by atoms with Crippen LogP contribution in [0.15, 0.2) is 39.9 Å². The number of amides is 2.